The van der Waals surface area contributed by atoms with Crippen molar-refractivity contribution in [3.63, 3.8) is 0 Å². The van der Waals surface area contributed by atoms with Crippen LogP contribution >= 0.6 is 0 Å². The van der Waals surface area contributed by atoms with E-state index in [1.54, 1.807) is 4.90 Å². The summed E-state index contributed by atoms with van der Waals surface area (Å²) in [5, 5.41) is 8.83. The predicted molar refractivity (Wildman–Crippen MR) is 79.0 cm³/mol. The smallest absolute Gasteiger partial charge is 0.264 e. The van der Waals surface area contributed by atoms with Crippen molar-refractivity contribution in [1.82, 2.24) is 15.3 Å². The average Bonchev–Trinajstić information content (AvgIpc) is 2.98. The fraction of sp³-hybridized carbons (Fsp3) is 0.846. The molecule has 2 saturated heterocycles. The van der Waals surface area contributed by atoms with Gasteiger partial charge in [0.2, 0.25) is 5.91 Å². The molecule has 0 bridgehead atoms. The number of sulfone groups is 1. The highest BCUT2D eigenvalue weighted by atomic mass is 32.2. The Bertz CT molecular complexity index is 534. The summed E-state index contributed by atoms with van der Waals surface area (Å²) in [4.78, 5) is 27.8. The number of hydroxylamine groups is 1. The molecule has 0 aliphatic carbocycles. The Balaban J connectivity index is 2.01. The molecular weight excluding hydrogens is 310 g/mol. The summed E-state index contributed by atoms with van der Waals surface area (Å²) in [7, 11) is -3.69. The highest BCUT2D eigenvalue weighted by molar-refractivity contribution is 7.92. The average molecular weight is 333 g/mol. The van der Waals surface area contributed by atoms with E-state index in [1.165, 1.54) is 5.48 Å². The normalized spacial score (nSPS) is 22.5. The molecule has 2 fully saturated rings. The first-order valence-electron chi connectivity index (χ1n) is 7.44. The zero-order valence-electron chi connectivity index (χ0n) is 12.7. The minimum Gasteiger partial charge on any atom is -0.341 e. The van der Waals surface area contributed by atoms with Gasteiger partial charge in [0.25, 0.3) is 5.91 Å². The largest absolute Gasteiger partial charge is 0.341 e. The molecule has 2 amide bonds. The maximum absolute atomic E-state index is 12.2. The second-order valence-corrected chi connectivity index (χ2v) is 8.40. The van der Waals surface area contributed by atoms with Gasteiger partial charge >= 0.3 is 0 Å². The van der Waals surface area contributed by atoms with Crippen LogP contribution in [0.5, 0.6) is 0 Å². The van der Waals surface area contributed by atoms with Crippen LogP contribution in [0.15, 0.2) is 0 Å². The summed E-state index contributed by atoms with van der Waals surface area (Å²) in [5.74, 6) is -0.949. The molecule has 22 heavy (non-hydrogen) atoms. The zero-order chi connectivity index (χ0) is 16.4. The third-order valence-electron chi connectivity index (χ3n) is 4.71. The van der Waals surface area contributed by atoms with Crippen LogP contribution in [0.3, 0.4) is 0 Å². The van der Waals surface area contributed by atoms with E-state index in [0.29, 0.717) is 6.54 Å². The van der Waals surface area contributed by atoms with E-state index >= 15 is 0 Å². The first-order valence-corrected chi connectivity index (χ1v) is 9.33. The van der Waals surface area contributed by atoms with Crippen molar-refractivity contribution >= 4 is 21.7 Å². The molecule has 8 nitrogen and oxygen atoms in total. The number of rotatable bonds is 4. The molecule has 0 unspecified atom stereocenters. The lowest BCUT2D eigenvalue weighted by Gasteiger charge is -2.39. The molecule has 0 spiro atoms. The van der Waals surface area contributed by atoms with Crippen molar-refractivity contribution < 1.29 is 23.2 Å². The van der Waals surface area contributed by atoms with Crippen LogP contribution in [0.25, 0.3) is 0 Å². The number of hydrogen-bond donors (Lipinski definition) is 2. The van der Waals surface area contributed by atoms with Gasteiger partial charge < -0.3 is 4.90 Å². The van der Waals surface area contributed by atoms with Crippen LogP contribution < -0.4 is 5.48 Å². The Morgan fingerprint density at radius 3 is 2.14 bits per heavy atom. The Morgan fingerprint density at radius 1 is 1.14 bits per heavy atom. The Labute approximate surface area is 130 Å². The molecule has 0 aromatic rings. The summed E-state index contributed by atoms with van der Waals surface area (Å²) >= 11 is 0. The van der Waals surface area contributed by atoms with Gasteiger partial charge in [0.05, 0.1) is 6.54 Å². The molecule has 0 aromatic heterocycles. The summed E-state index contributed by atoms with van der Waals surface area (Å²) < 4.78 is 22.3. The van der Waals surface area contributed by atoms with Crippen molar-refractivity contribution in [3.05, 3.63) is 0 Å². The van der Waals surface area contributed by atoms with Gasteiger partial charge in [-0.2, -0.15) is 0 Å². The number of piperidine rings is 1. The molecule has 126 valence electrons. The maximum Gasteiger partial charge on any atom is 0.264 e. The number of carbonyl (C=O) groups is 2. The van der Waals surface area contributed by atoms with Crippen molar-refractivity contribution in [2.24, 2.45) is 0 Å². The highest BCUT2D eigenvalue weighted by Gasteiger charge is 2.50. The second kappa shape index (κ2) is 6.51. The summed E-state index contributed by atoms with van der Waals surface area (Å²) in [5.41, 5.74) is 1.46. The lowest BCUT2D eigenvalue weighted by Crippen LogP contribution is -2.58. The highest BCUT2D eigenvalue weighted by Crippen LogP contribution is 2.30. The van der Waals surface area contributed by atoms with Crippen LogP contribution in [0, 0.1) is 0 Å². The third kappa shape index (κ3) is 3.26. The number of nitrogens with zero attached hydrogens (tertiary/aromatic N) is 2. The van der Waals surface area contributed by atoms with Crippen LogP contribution in [0.4, 0.5) is 0 Å². The second-order valence-electron chi connectivity index (χ2n) is 6.07. The first-order chi connectivity index (χ1) is 10.3. The van der Waals surface area contributed by atoms with Crippen LogP contribution in [0.1, 0.15) is 25.7 Å². The molecule has 2 aliphatic heterocycles. The molecule has 9 heteroatoms. The monoisotopic (exact) mass is 333 g/mol. The number of hydrogen-bond acceptors (Lipinski definition) is 6. The van der Waals surface area contributed by atoms with E-state index in [1.807, 2.05) is 0 Å². The molecule has 2 rings (SSSR count). The van der Waals surface area contributed by atoms with Crippen molar-refractivity contribution in [2.45, 2.75) is 30.4 Å². The number of amides is 2. The van der Waals surface area contributed by atoms with Gasteiger partial charge in [-0.15, -0.1) is 0 Å². The van der Waals surface area contributed by atoms with E-state index in [0.717, 1.165) is 32.2 Å². The molecule has 2 aliphatic rings. The first kappa shape index (κ1) is 17.2. The summed E-state index contributed by atoms with van der Waals surface area (Å²) in [6.45, 7) is 2.58. The van der Waals surface area contributed by atoms with Gasteiger partial charge in [0.1, 0.15) is 0 Å². The minimum absolute atomic E-state index is 0.00394. The fourth-order valence-electron chi connectivity index (χ4n) is 3.22. The zero-order valence-corrected chi connectivity index (χ0v) is 13.6. The van der Waals surface area contributed by atoms with E-state index < -0.39 is 20.5 Å². The third-order valence-corrected chi connectivity index (χ3v) is 6.72. The van der Waals surface area contributed by atoms with Gasteiger partial charge in [-0.25, -0.2) is 13.9 Å². The molecule has 0 radical (unpaired) electrons. The van der Waals surface area contributed by atoms with Gasteiger partial charge in [-0.05, 0) is 38.8 Å². The molecular formula is C13H23N3O5S. The Kier molecular flexibility index (Phi) is 5.08. The van der Waals surface area contributed by atoms with Gasteiger partial charge in [0, 0.05) is 19.3 Å². The van der Waals surface area contributed by atoms with Gasteiger partial charge in [-0.3, -0.25) is 19.7 Å². The maximum atomic E-state index is 12.2. The Hall–Kier alpha value is -1.19. The van der Waals surface area contributed by atoms with E-state index in [-0.39, 0.29) is 31.8 Å². The van der Waals surface area contributed by atoms with E-state index in [9.17, 15) is 18.0 Å². The Morgan fingerprint density at radius 2 is 1.68 bits per heavy atom. The molecule has 0 aromatic carbocycles. The standard InChI is InChI=1S/C13H23N3O5S/c1-22(20,21)13(12(18)14-19)4-8-16(9-5-13)11(17)10-15-6-2-3-7-15/h19H,2-10H2,1H3,(H,14,18). The summed E-state index contributed by atoms with van der Waals surface area (Å²) in [6.07, 6.45) is 3.19. The van der Waals surface area contributed by atoms with Crippen molar-refractivity contribution in [1.29, 1.82) is 0 Å². The number of likely N-dealkylation sites (tertiary alicyclic amines) is 2. The van der Waals surface area contributed by atoms with Crippen LogP contribution in [-0.4, -0.2) is 79.0 Å². The quantitative estimate of drug-likeness (QED) is 0.504. The molecule has 0 saturated carbocycles. The lowest BCUT2D eigenvalue weighted by atomic mass is 9.95. The number of nitrogens with one attached hydrogen (secondary N) is 1. The molecule has 2 heterocycles. The van der Waals surface area contributed by atoms with E-state index in [2.05, 4.69) is 4.90 Å². The van der Waals surface area contributed by atoms with Crippen molar-refractivity contribution in [3.8, 4) is 0 Å². The fourth-order valence-corrected chi connectivity index (χ4v) is 4.52. The topological polar surface area (TPSA) is 107 Å². The van der Waals surface area contributed by atoms with Gasteiger partial charge in [-0.1, -0.05) is 0 Å². The van der Waals surface area contributed by atoms with Crippen molar-refractivity contribution in [2.75, 3.05) is 39.0 Å². The lowest BCUT2D eigenvalue weighted by molar-refractivity contribution is -0.138. The SMILES string of the molecule is CS(=O)(=O)C1(C(=O)NO)CCN(C(=O)CN2CCCC2)CC1. The predicted octanol–water partition coefficient (Wildman–Crippen LogP) is -1.01. The van der Waals surface area contributed by atoms with E-state index in [4.69, 9.17) is 5.21 Å². The van der Waals surface area contributed by atoms with Gasteiger partial charge in [0.15, 0.2) is 14.6 Å². The molecule has 0 atom stereocenters. The van der Waals surface area contributed by atoms with Crippen LogP contribution in [-0.2, 0) is 19.4 Å². The molecule has 2 N–H and O–H groups in total. The number of carbonyl (C=O) groups excluding carboxylic acids is 2. The minimum atomic E-state index is -3.69. The summed E-state index contributed by atoms with van der Waals surface area (Å²) in [6, 6.07) is 0. The van der Waals surface area contributed by atoms with Crippen LogP contribution in [0.2, 0.25) is 0 Å².